The van der Waals surface area contributed by atoms with Crippen LogP contribution in [0.25, 0.3) is 0 Å². The van der Waals surface area contributed by atoms with Gasteiger partial charge >= 0.3 is 0 Å². The molecule has 0 saturated carbocycles. The molecule has 0 unspecified atom stereocenters. The predicted octanol–water partition coefficient (Wildman–Crippen LogP) is 1.78. The third kappa shape index (κ3) is 3.03. The summed E-state index contributed by atoms with van der Waals surface area (Å²) in [7, 11) is 0. The van der Waals surface area contributed by atoms with Crippen molar-refractivity contribution in [1.82, 2.24) is 0 Å². The van der Waals surface area contributed by atoms with Gasteiger partial charge in [0.15, 0.2) is 0 Å². The molecule has 20 heavy (non-hydrogen) atoms. The second-order valence-corrected chi connectivity index (χ2v) is 4.75. The number of amides is 2. The largest absolute Gasteiger partial charge is 0.366 e. The zero-order valence-corrected chi connectivity index (χ0v) is 11.2. The van der Waals surface area contributed by atoms with Gasteiger partial charge in [-0.25, -0.2) is 0 Å². The summed E-state index contributed by atoms with van der Waals surface area (Å²) in [6.07, 6.45) is 0.613. The summed E-state index contributed by atoms with van der Waals surface area (Å²) in [6, 6.07) is 12.7. The number of hydrogen-bond donors (Lipinski definition) is 2. The van der Waals surface area contributed by atoms with Gasteiger partial charge in [0.05, 0.1) is 0 Å². The minimum atomic E-state index is -0.450. The summed E-state index contributed by atoms with van der Waals surface area (Å²) in [4.78, 5) is 22.5. The molecule has 0 spiro atoms. The van der Waals surface area contributed by atoms with Crippen LogP contribution in [-0.2, 0) is 6.42 Å². The first kappa shape index (κ1) is 13.8. The average molecular weight is 268 g/mol. The van der Waals surface area contributed by atoms with Crippen molar-refractivity contribution in [2.75, 3.05) is 0 Å². The summed E-state index contributed by atoms with van der Waals surface area (Å²) in [5.74, 6) is -0.885. The molecule has 0 aromatic heterocycles. The quantitative estimate of drug-likeness (QED) is 0.885. The molecule has 4 N–H and O–H groups in total. The van der Waals surface area contributed by atoms with Crippen molar-refractivity contribution < 1.29 is 9.59 Å². The van der Waals surface area contributed by atoms with E-state index in [0.717, 1.165) is 16.7 Å². The number of aryl methyl sites for hydroxylation is 1. The van der Waals surface area contributed by atoms with Crippen LogP contribution in [-0.4, -0.2) is 11.8 Å². The molecule has 2 aromatic carbocycles. The number of benzene rings is 2. The van der Waals surface area contributed by atoms with E-state index >= 15 is 0 Å². The van der Waals surface area contributed by atoms with Gasteiger partial charge in [-0.1, -0.05) is 24.3 Å². The number of hydrogen-bond acceptors (Lipinski definition) is 2. The maximum absolute atomic E-state index is 11.3. The average Bonchev–Trinajstić information content (AvgIpc) is 2.41. The number of carbonyl (C=O) groups is 2. The Kier molecular flexibility index (Phi) is 3.84. The summed E-state index contributed by atoms with van der Waals surface area (Å²) in [5, 5.41) is 0. The fourth-order valence-corrected chi connectivity index (χ4v) is 2.11. The first-order chi connectivity index (χ1) is 9.47. The number of carbonyl (C=O) groups excluding carboxylic acids is 2. The lowest BCUT2D eigenvalue weighted by molar-refractivity contribution is 0.0991. The highest BCUT2D eigenvalue weighted by molar-refractivity contribution is 5.94. The van der Waals surface area contributed by atoms with E-state index in [1.54, 1.807) is 24.3 Å². The van der Waals surface area contributed by atoms with Crippen LogP contribution in [0.5, 0.6) is 0 Å². The molecule has 0 aliphatic carbocycles. The van der Waals surface area contributed by atoms with Crippen molar-refractivity contribution in [1.29, 1.82) is 0 Å². The van der Waals surface area contributed by atoms with Gasteiger partial charge < -0.3 is 11.5 Å². The van der Waals surface area contributed by atoms with Gasteiger partial charge in [-0.05, 0) is 48.2 Å². The Bertz CT molecular complexity index is 678. The van der Waals surface area contributed by atoms with Crippen molar-refractivity contribution in [3.05, 3.63) is 70.3 Å². The number of nitrogens with two attached hydrogens (primary N) is 2. The Morgan fingerprint density at radius 3 is 2.30 bits per heavy atom. The Balaban J connectivity index is 2.30. The Hall–Kier alpha value is -2.62. The smallest absolute Gasteiger partial charge is 0.248 e. The maximum Gasteiger partial charge on any atom is 0.248 e. The molecule has 0 aliphatic rings. The van der Waals surface area contributed by atoms with E-state index in [2.05, 4.69) is 0 Å². The molecule has 2 rings (SSSR count). The summed E-state index contributed by atoms with van der Waals surface area (Å²) in [6.45, 7) is 1.84. The second-order valence-electron chi connectivity index (χ2n) is 4.75. The van der Waals surface area contributed by atoms with Crippen LogP contribution in [0.15, 0.2) is 42.5 Å². The van der Waals surface area contributed by atoms with E-state index in [4.69, 9.17) is 11.5 Å². The Morgan fingerprint density at radius 1 is 0.950 bits per heavy atom. The third-order valence-corrected chi connectivity index (χ3v) is 3.19. The van der Waals surface area contributed by atoms with Crippen molar-refractivity contribution in [3.8, 4) is 0 Å². The minimum Gasteiger partial charge on any atom is -0.366 e. The van der Waals surface area contributed by atoms with E-state index in [1.165, 1.54) is 0 Å². The van der Waals surface area contributed by atoms with Crippen LogP contribution in [0.2, 0.25) is 0 Å². The van der Waals surface area contributed by atoms with Gasteiger partial charge in [0.2, 0.25) is 11.8 Å². The van der Waals surface area contributed by atoms with Crippen molar-refractivity contribution in [2.24, 2.45) is 11.5 Å². The van der Waals surface area contributed by atoms with Crippen LogP contribution < -0.4 is 11.5 Å². The molecule has 0 fully saturated rings. The lowest BCUT2D eigenvalue weighted by atomic mass is 9.98. The van der Waals surface area contributed by atoms with E-state index in [9.17, 15) is 9.59 Å². The van der Waals surface area contributed by atoms with E-state index in [-0.39, 0.29) is 0 Å². The number of primary amides is 2. The molecule has 0 atom stereocenters. The molecular weight excluding hydrogens is 252 g/mol. The first-order valence-electron chi connectivity index (χ1n) is 6.25. The molecule has 0 radical (unpaired) electrons. The van der Waals surface area contributed by atoms with Crippen molar-refractivity contribution in [3.63, 3.8) is 0 Å². The highest BCUT2D eigenvalue weighted by atomic mass is 16.1. The van der Waals surface area contributed by atoms with Crippen LogP contribution in [0.3, 0.4) is 0 Å². The van der Waals surface area contributed by atoms with Gasteiger partial charge in [0.25, 0.3) is 0 Å². The molecule has 0 heterocycles. The SMILES string of the molecule is Cc1ccc(Cc2cccc(C(N)=O)c2)cc1C(N)=O. The van der Waals surface area contributed by atoms with Gasteiger partial charge in [-0.15, -0.1) is 0 Å². The molecular formula is C16H16N2O2. The monoisotopic (exact) mass is 268 g/mol. The molecule has 0 aliphatic heterocycles. The lowest BCUT2D eigenvalue weighted by Crippen LogP contribution is -2.13. The number of rotatable bonds is 4. The Labute approximate surface area is 117 Å². The molecule has 4 nitrogen and oxygen atoms in total. The van der Waals surface area contributed by atoms with E-state index < -0.39 is 11.8 Å². The van der Waals surface area contributed by atoms with E-state index in [1.807, 2.05) is 25.1 Å². The standard InChI is InChI=1S/C16H16N2O2/c1-10-5-6-12(9-14(10)16(18)20)7-11-3-2-4-13(8-11)15(17)19/h2-6,8-9H,7H2,1H3,(H2,17,19)(H2,18,20). The van der Waals surface area contributed by atoms with Crippen LogP contribution in [0.4, 0.5) is 0 Å². The summed E-state index contributed by atoms with van der Waals surface area (Å²) >= 11 is 0. The van der Waals surface area contributed by atoms with Crippen LogP contribution in [0, 0.1) is 6.92 Å². The lowest BCUT2D eigenvalue weighted by Gasteiger charge is -2.07. The minimum absolute atomic E-state index is 0.435. The molecule has 102 valence electrons. The highest BCUT2D eigenvalue weighted by Gasteiger charge is 2.07. The second kappa shape index (κ2) is 5.57. The topological polar surface area (TPSA) is 86.2 Å². The fraction of sp³-hybridized carbons (Fsp3) is 0.125. The summed E-state index contributed by atoms with van der Waals surface area (Å²) < 4.78 is 0. The van der Waals surface area contributed by atoms with E-state index in [0.29, 0.717) is 17.5 Å². The highest BCUT2D eigenvalue weighted by Crippen LogP contribution is 2.15. The van der Waals surface area contributed by atoms with Crippen molar-refractivity contribution in [2.45, 2.75) is 13.3 Å². The van der Waals surface area contributed by atoms with Crippen LogP contribution in [0.1, 0.15) is 37.4 Å². The summed E-state index contributed by atoms with van der Waals surface area (Å²) in [5.41, 5.74) is 14.4. The van der Waals surface area contributed by atoms with Gasteiger partial charge in [-0.3, -0.25) is 9.59 Å². The zero-order chi connectivity index (χ0) is 14.7. The van der Waals surface area contributed by atoms with Crippen LogP contribution >= 0.6 is 0 Å². The Morgan fingerprint density at radius 2 is 1.65 bits per heavy atom. The molecule has 4 heteroatoms. The van der Waals surface area contributed by atoms with Crippen molar-refractivity contribution >= 4 is 11.8 Å². The predicted molar refractivity (Wildman–Crippen MR) is 77.5 cm³/mol. The third-order valence-electron chi connectivity index (χ3n) is 3.19. The molecule has 0 bridgehead atoms. The first-order valence-corrected chi connectivity index (χ1v) is 6.25. The fourth-order valence-electron chi connectivity index (χ4n) is 2.11. The molecule has 0 saturated heterocycles. The zero-order valence-electron chi connectivity index (χ0n) is 11.2. The van der Waals surface area contributed by atoms with Gasteiger partial charge in [0, 0.05) is 11.1 Å². The maximum atomic E-state index is 11.3. The molecule has 2 aromatic rings. The molecule has 2 amide bonds. The van der Waals surface area contributed by atoms with Gasteiger partial charge in [0.1, 0.15) is 0 Å². The normalized spacial score (nSPS) is 10.2. The van der Waals surface area contributed by atoms with Gasteiger partial charge in [-0.2, -0.15) is 0 Å².